The molecule has 1 atom stereocenters. The Bertz CT molecular complexity index is 232. The van der Waals surface area contributed by atoms with Crippen LogP contribution in [0.1, 0.15) is 0 Å². The van der Waals surface area contributed by atoms with Crippen molar-refractivity contribution in [3.63, 3.8) is 0 Å². The van der Waals surface area contributed by atoms with Crippen LogP contribution in [0.15, 0.2) is 0 Å². The van der Waals surface area contributed by atoms with E-state index in [1.54, 1.807) is 0 Å². The molecule has 0 aromatic rings. The average Bonchev–Trinajstić information content (AvgIpc) is 2.09. The van der Waals surface area contributed by atoms with Gasteiger partial charge >= 0.3 is 7.82 Å². The molecule has 0 aliphatic carbocycles. The van der Waals surface area contributed by atoms with Gasteiger partial charge in [0, 0.05) is 12.3 Å². The lowest BCUT2D eigenvalue weighted by Gasteiger charge is -2.09. The van der Waals surface area contributed by atoms with Gasteiger partial charge in [-0.05, 0) is 0 Å². The number of hydrogen-bond donors (Lipinski definition) is 5. The molecule has 9 heteroatoms. The molecule has 7 nitrogen and oxygen atoms in total. The summed E-state index contributed by atoms with van der Waals surface area (Å²) in [7, 11) is -4.45. The summed E-state index contributed by atoms with van der Waals surface area (Å²) < 4.78 is 14.3. The maximum Gasteiger partial charge on any atom is 0.469 e. The van der Waals surface area contributed by atoms with Gasteiger partial charge in [-0.2, -0.15) is 12.6 Å². The zero-order chi connectivity index (χ0) is 11.2. The monoisotopic (exact) mass is 244 g/mol. The van der Waals surface area contributed by atoms with Crippen molar-refractivity contribution in [3.05, 3.63) is 0 Å². The van der Waals surface area contributed by atoms with E-state index in [0.717, 1.165) is 0 Å². The summed E-state index contributed by atoms with van der Waals surface area (Å²) in [5.74, 6) is -0.236. The maximum absolute atomic E-state index is 11.0. The third kappa shape index (κ3) is 7.31. The van der Waals surface area contributed by atoms with E-state index in [-0.39, 0.29) is 18.9 Å². The zero-order valence-corrected chi connectivity index (χ0v) is 9.08. The third-order valence-corrected chi connectivity index (χ3v) is 2.11. The van der Waals surface area contributed by atoms with Gasteiger partial charge in [-0.3, -0.25) is 9.32 Å². The first-order chi connectivity index (χ1) is 6.37. The SMILES string of the molecule is NC(CS)C(=O)NCCOP(=O)(O)O. The highest BCUT2D eigenvalue weighted by Crippen LogP contribution is 2.34. The van der Waals surface area contributed by atoms with E-state index in [9.17, 15) is 9.36 Å². The van der Waals surface area contributed by atoms with Crippen LogP contribution in [0.4, 0.5) is 0 Å². The van der Waals surface area contributed by atoms with E-state index in [1.807, 2.05) is 0 Å². The Labute approximate surface area is 86.7 Å². The van der Waals surface area contributed by atoms with E-state index in [0.29, 0.717) is 0 Å². The molecular formula is C5H13N2O5PS. The van der Waals surface area contributed by atoms with E-state index in [2.05, 4.69) is 22.5 Å². The highest BCUT2D eigenvalue weighted by Gasteiger charge is 2.14. The number of phosphoric ester groups is 1. The van der Waals surface area contributed by atoms with Gasteiger partial charge in [0.05, 0.1) is 12.6 Å². The van der Waals surface area contributed by atoms with Crippen molar-refractivity contribution < 1.29 is 23.7 Å². The van der Waals surface area contributed by atoms with Gasteiger partial charge in [0.1, 0.15) is 0 Å². The summed E-state index contributed by atoms with van der Waals surface area (Å²) in [4.78, 5) is 27.5. The second-order valence-electron chi connectivity index (χ2n) is 2.40. The van der Waals surface area contributed by atoms with Crippen LogP contribution in [0.2, 0.25) is 0 Å². The second-order valence-corrected chi connectivity index (χ2v) is 4.01. The van der Waals surface area contributed by atoms with E-state index >= 15 is 0 Å². The average molecular weight is 244 g/mol. The van der Waals surface area contributed by atoms with E-state index in [4.69, 9.17) is 15.5 Å². The number of thiol groups is 1. The molecule has 0 heterocycles. The fraction of sp³-hybridized carbons (Fsp3) is 0.800. The molecule has 5 N–H and O–H groups in total. The molecule has 0 aliphatic rings. The minimum absolute atomic E-state index is 0.00851. The number of carbonyl (C=O) groups excluding carboxylic acids is 1. The van der Waals surface area contributed by atoms with Gasteiger partial charge in [-0.15, -0.1) is 0 Å². The second kappa shape index (κ2) is 6.39. The van der Waals surface area contributed by atoms with Crippen LogP contribution >= 0.6 is 20.5 Å². The molecule has 0 spiro atoms. The Balaban J connectivity index is 3.55. The Hall–Kier alpha value is -0.110. The van der Waals surface area contributed by atoms with Crippen LogP contribution in [-0.4, -0.2) is 40.6 Å². The van der Waals surface area contributed by atoms with Crippen LogP contribution in [0.5, 0.6) is 0 Å². The third-order valence-electron chi connectivity index (χ3n) is 1.19. The molecule has 1 amide bonds. The van der Waals surface area contributed by atoms with Gasteiger partial charge < -0.3 is 20.8 Å². The molecule has 0 rings (SSSR count). The van der Waals surface area contributed by atoms with Gasteiger partial charge in [0.25, 0.3) is 0 Å². The largest absolute Gasteiger partial charge is 0.469 e. The quantitative estimate of drug-likeness (QED) is 0.219. The Morgan fingerprint density at radius 3 is 2.64 bits per heavy atom. The highest BCUT2D eigenvalue weighted by molar-refractivity contribution is 7.80. The predicted molar refractivity (Wildman–Crippen MR) is 52.8 cm³/mol. The predicted octanol–water partition coefficient (Wildman–Crippen LogP) is -1.53. The van der Waals surface area contributed by atoms with Crippen molar-refractivity contribution in [3.8, 4) is 0 Å². The van der Waals surface area contributed by atoms with E-state index < -0.39 is 19.8 Å². The van der Waals surface area contributed by atoms with Gasteiger partial charge in [-0.1, -0.05) is 0 Å². The number of nitrogens with one attached hydrogen (secondary N) is 1. The number of rotatable bonds is 6. The van der Waals surface area contributed by atoms with Crippen molar-refractivity contribution in [1.29, 1.82) is 0 Å². The van der Waals surface area contributed by atoms with Gasteiger partial charge in [-0.25, -0.2) is 4.57 Å². The van der Waals surface area contributed by atoms with Crippen LogP contribution in [-0.2, 0) is 13.9 Å². The summed E-state index contributed by atoms with van der Waals surface area (Å²) in [6, 6.07) is -0.728. The minimum atomic E-state index is -4.45. The van der Waals surface area contributed by atoms with Gasteiger partial charge in [0.2, 0.25) is 5.91 Å². The summed E-state index contributed by atoms with van der Waals surface area (Å²) in [5.41, 5.74) is 5.30. The molecule has 0 fully saturated rings. The van der Waals surface area contributed by atoms with Crippen LogP contribution < -0.4 is 11.1 Å². The fourth-order valence-corrected chi connectivity index (χ4v) is 1.05. The zero-order valence-electron chi connectivity index (χ0n) is 7.29. The molecule has 0 aromatic heterocycles. The number of carbonyl (C=O) groups is 1. The molecule has 0 aliphatic heterocycles. The van der Waals surface area contributed by atoms with Crippen molar-refractivity contribution in [2.24, 2.45) is 5.73 Å². The first kappa shape index (κ1) is 13.9. The van der Waals surface area contributed by atoms with E-state index in [1.165, 1.54) is 0 Å². The molecule has 0 saturated heterocycles. The van der Waals surface area contributed by atoms with Crippen LogP contribution in [0.3, 0.4) is 0 Å². The lowest BCUT2D eigenvalue weighted by atomic mass is 10.3. The van der Waals surface area contributed by atoms with Crippen molar-refractivity contribution in [1.82, 2.24) is 5.32 Å². The molecule has 14 heavy (non-hydrogen) atoms. The fourth-order valence-electron chi connectivity index (χ4n) is 0.553. The maximum atomic E-state index is 11.0. The number of nitrogens with two attached hydrogens (primary N) is 1. The molecule has 84 valence electrons. The normalized spacial score (nSPS) is 13.7. The first-order valence-electron chi connectivity index (χ1n) is 3.71. The van der Waals surface area contributed by atoms with Crippen LogP contribution in [0, 0.1) is 0 Å². The topological polar surface area (TPSA) is 122 Å². The lowest BCUT2D eigenvalue weighted by Crippen LogP contribution is -2.42. The minimum Gasteiger partial charge on any atom is -0.352 e. The lowest BCUT2D eigenvalue weighted by molar-refractivity contribution is -0.122. The molecule has 0 aromatic carbocycles. The summed E-state index contributed by atoms with van der Waals surface area (Å²) in [6.07, 6.45) is 0. The molecule has 1 unspecified atom stereocenters. The molecular weight excluding hydrogens is 231 g/mol. The smallest absolute Gasteiger partial charge is 0.352 e. The highest BCUT2D eigenvalue weighted by atomic mass is 32.1. The van der Waals surface area contributed by atoms with Gasteiger partial charge in [0.15, 0.2) is 0 Å². The van der Waals surface area contributed by atoms with Crippen LogP contribution in [0.25, 0.3) is 0 Å². The van der Waals surface area contributed by atoms with Crippen molar-refractivity contribution in [2.45, 2.75) is 6.04 Å². The molecule has 0 radical (unpaired) electrons. The van der Waals surface area contributed by atoms with Crippen molar-refractivity contribution in [2.75, 3.05) is 18.9 Å². The summed E-state index contributed by atoms with van der Waals surface area (Å²) in [6.45, 7) is -0.277. The summed E-state index contributed by atoms with van der Waals surface area (Å²) in [5, 5.41) is 2.32. The first-order valence-corrected chi connectivity index (χ1v) is 5.87. The standard InChI is InChI=1S/C5H13N2O5PS/c6-4(3-14)5(8)7-1-2-12-13(9,10)11/h4,14H,1-3,6H2,(H,7,8)(H2,9,10,11). The van der Waals surface area contributed by atoms with Crippen molar-refractivity contribution >= 4 is 26.4 Å². The Morgan fingerprint density at radius 2 is 2.21 bits per heavy atom. The number of phosphoric acid groups is 1. The number of amides is 1. The Morgan fingerprint density at radius 1 is 1.64 bits per heavy atom. The molecule has 0 bridgehead atoms. The Kier molecular flexibility index (Phi) is 6.34. The summed E-state index contributed by atoms with van der Waals surface area (Å²) >= 11 is 3.80. The molecule has 0 saturated carbocycles. The number of hydrogen-bond acceptors (Lipinski definition) is 5.